The summed E-state index contributed by atoms with van der Waals surface area (Å²) in [5.41, 5.74) is 1.07. The molecule has 3 atom stereocenters. The molecule has 5 nitrogen and oxygen atoms in total. The SMILES string of the molecule is CC(=O)OC1C(=O)N(Cc2ccccc2)C2CCCOC12. The van der Waals surface area contributed by atoms with Crippen LogP contribution in [0.4, 0.5) is 0 Å². The average molecular weight is 289 g/mol. The molecule has 5 heteroatoms. The fraction of sp³-hybridized carbons (Fsp3) is 0.500. The molecule has 0 aromatic heterocycles. The van der Waals surface area contributed by atoms with Crippen LogP contribution in [0.3, 0.4) is 0 Å². The maximum Gasteiger partial charge on any atom is 0.303 e. The van der Waals surface area contributed by atoms with E-state index in [1.54, 1.807) is 4.90 Å². The van der Waals surface area contributed by atoms with Crippen LogP contribution in [-0.4, -0.2) is 41.6 Å². The molecule has 21 heavy (non-hydrogen) atoms. The Bertz CT molecular complexity index is 530. The third-order valence-corrected chi connectivity index (χ3v) is 4.05. The highest BCUT2D eigenvalue weighted by molar-refractivity contribution is 5.87. The fourth-order valence-corrected chi connectivity index (χ4v) is 3.15. The predicted octanol–water partition coefficient (Wildman–Crippen LogP) is 1.51. The normalized spacial score (nSPS) is 28.3. The smallest absolute Gasteiger partial charge is 0.303 e. The average Bonchev–Trinajstić information content (AvgIpc) is 2.74. The molecule has 0 bridgehead atoms. The van der Waals surface area contributed by atoms with Gasteiger partial charge in [-0.05, 0) is 18.4 Å². The lowest BCUT2D eigenvalue weighted by Gasteiger charge is -2.31. The van der Waals surface area contributed by atoms with E-state index in [1.807, 2.05) is 30.3 Å². The standard InChI is InChI=1S/C16H19NO4/c1-11(18)21-15-14-13(8-5-9-20-14)17(16(15)19)10-12-6-3-2-4-7-12/h2-4,6-7,13-15H,5,8-10H2,1H3. The number of carbonyl (C=O) groups is 2. The van der Waals surface area contributed by atoms with Crippen molar-refractivity contribution in [2.45, 2.75) is 44.6 Å². The van der Waals surface area contributed by atoms with E-state index in [1.165, 1.54) is 6.92 Å². The monoisotopic (exact) mass is 289 g/mol. The van der Waals surface area contributed by atoms with Crippen molar-refractivity contribution in [2.24, 2.45) is 0 Å². The first-order chi connectivity index (χ1) is 10.2. The van der Waals surface area contributed by atoms with Gasteiger partial charge < -0.3 is 14.4 Å². The number of likely N-dealkylation sites (tertiary alicyclic amines) is 1. The maximum absolute atomic E-state index is 12.6. The van der Waals surface area contributed by atoms with E-state index in [9.17, 15) is 9.59 Å². The van der Waals surface area contributed by atoms with E-state index in [0.29, 0.717) is 13.2 Å². The molecule has 0 radical (unpaired) electrons. The molecule has 2 aliphatic heterocycles. The van der Waals surface area contributed by atoms with Gasteiger partial charge in [0, 0.05) is 20.1 Å². The molecule has 2 aliphatic rings. The molecular formula is C16H19NO4. The minimum Gasteiger partial charge on any atom is -0.450 e. The minimum atomic E-state index is -0.795. The number of ether oxygens (including phenoxy) is 2. The summed E-state index contributed by atoms with van der Waals surface area (Å²) < 4.78 is 10.9. The quantitative estimate of drug-likeness (QED) is 0.791. The molecule has 2 saturated heterocycles. The summed E-state index contributed by atoms with van der Waals surface area (Å²) in [5.74, 6) is -0.589. The Kier molecular flexibility index (Phi) is 3.92. The van der Waals surface area contributed by atoms with E-state index >= 15 is 0 Å². The third kappa shape index (κ3) is 2.78. The number of fused-ring (bicyclic) bond motifs is 1. The van der Waals surface area contributed by atoms with Crippen molar-refractivity contribution in [3.05, 3.63) is 35.9 Å². The number of hydrogen-bond acceptors (Lipinski definition) is 4. The second kappa shape index (κ2) is 5.85. The van der Waals surface area contributed by atoms with Gasteiger partial charge in [-0.25, -0.2) is 0 Å². The topological polar surface area (TPSA) is 55.8 Å². The molecule has 0 saturated carbocycles. The van der Waals surface area contributed by atoms with Crippen LogP contribution in [-0.2, 0) is 25.6 Å². The largest absolute Gasteiger partial charge is 0.450 e. The van der Waals surface area contributed by atoms with Crippen molar-refractivity contribution >= 4 is 11.9 Å². The predicted molar refractivity (Wildman–Crippen MR) is 75.3 cm³/mol. The van der Waals surface area contributed by atoms with Gasteiger partial charge in [-0.3, -0.25) is 9.59 Å². The fourth-order valence-electron chi connectivity index (χ4n) is 3.15. The molecule has 2 heterocycles. The molecule has 3 unspecified atom stereocenters. The number of esters is 1. The van der Waals surface area contributed by atoms with Crippen LogP contribution in [0.25, 0.3) is 0 Å². The molecule has 0 aliphatic carbocycles. The first-order valence-electron chi connectivity index (χ1n) is 7.30. The summed E-state index contributed by atoms with van der Waals surface area (Å²) in [6, 6.07) is 9.83. The Hall–Kier alpha value is -1.88. The molecular weight excluding hydrogens is 270 g/mol. The summed E-state index contributed by atoms with van der Waals surface area (Å²) in [6.07, 6.45) is 0.684. The van der Waals surface area contributed by atoms with Crippen LogP contribution in [0.5, 0.6) is 0 Å². The first-order valence-corrected chi connectivity index (χ1v) is 7.30. The third-order valence-electron chi connectivity index (χ3n) is 4.05. The second-order valence-corrected chi connectivity index (χ2v) is 5.53. The number of rotatable bonds is 3. The zero-order valence-corrected chi connectivity index (χ0v) is 12.0. The second-order valence-electron chi connectivity index (χ2n) is 5.53. The highest BCUT2D eigenvalue weighted by Crippen LogP contribution is 2.32. The summed E-state index contributed by atoms with van der Waals surface area (Å²) in [7, 11) is 0. The van der Waals surface area contributed by atoms with Gasteiger partial charge in [0.1, 0.15) is 6.10 Å². The van der Waals surface area contributed by atoms with Crippen molar-refractivity contribution in [1.29, 1.82) is 0 Å². The van der Waals surface area contributed by atoms with Crippen molar-refractivity contribution in [3.63, 3.8) is 0 Å². The Balaban J connectivity index is 1.82. The summed E-state index contributed by atoms with van der Waals surface area (Å²) in [4.78, 5) is 25.6. The van der Waals surface area contributed by atoms with Gasteiger partial charge in [-0.15, -0.1) is 0 Å². The van der Waals surface area contributed by atoms with E-state index in [0.717, 1.165) is 18.4 Å². The van der Waals surface area contributed by atoms with Crippen molar-refractivity contribution in [3.8, 4) is 0 Å². The first kappa shape index (κ1) is 14.1. The van der Waals surface area contributed by atoms with E-state index < -0.39 is 12.1 Å². The van der Waals surface area contributed by atoms with Crippen LogP contribution in [0, 0.1) is 0 Å². The van der Waals surface area contributed by atoms with Gasteiger partial charge in [-0.2, -0.15) is 0 Å². The minimum absolute atomic E-state index is 0.00388. The van der Waals surface area contributed by atoms with Gasteiger partial charge in [0.15, 0.2) is 0 Å². The molecule has 1 aromatic rings. The van der Waals surface area contributed by atoms with E-state index in [-0.39, 0.29) is 18.1 Å². The lowest BCUT2D eigenvalue weighted by molar-refractivity contribution is -0.160. The van der Waals surface area contributed by atoms with Crippen LogP contribution >= 0.6 is 0 Å². The highest BCUT2D eigenvalue weighted by Gasteiger charge is 2.51. The van der Waals surface area contributed by atoms with Gasteiger partial charge in [0.05, 0.1) is 6.04 Å². The van der Waals surface area contributed by atoms with Crippen molar-refractivity contribution < 1.29 is 19.1 Å². The molecule has 3 rings (SSSR count). The molecule has 0 N–H and O–H groups in total. The zero-order chi connectivity index (χ0) is 14.8. The van der Waals surface area contributed by atoms with Crippen molar-refractivity contribution in [1.82, 2.24) is 4.90 Å². The van der Waals surface area contributed by atoms with Gasteiger partial charge in [0.25, 0.3) is 5.91 Å². The Labute approximate surface area is 123 Å². The molecule has 1 amide bonds. The molecule has 0 spiro atoms. The van der Waals surface area contributed by atoms with Crippen LogP contribution < -0.4 is 0 Å². The molecule has 112 valence electrons. The van der Waals surface area contributed by atoms with Crippen molar-refractivity contribution in [2.75, 3.05) is 6.61 Å². The number of hydrogen-bond donors (Lipinski definition) is 0. The number of benzene rings is 1. The van der Waals surface area contributed by atoms with Gasteiger partial charge >= 0.3 is 5.97 Å². The van der Waals surface area contributed by atoms with E-state index in [2.05, 4.69) is 0 Å². The number of amides is 1. The zero-order valence-electron chi connectivity index (χ0n) is 12.0. The van der Waals surface area contributed by atoms with E-state index in [4.69, 9.17) is 9.47 Å². The summed E-state index contributed by atoms with van der Waals surface area (Å²) >= 11 is 0. The van der Waals surface area contributed by atoms with Gasteiger partial charge in [0.2, 0.25) is 6.10 Å². The maximum atomic E-state index is 12.6. The lowest BCUT2D eigenvalue weighted by atomic mass is 10.0. The Morgan fingerprint density at radius 1 is 1.38 bits per heavy atom. The van der Waals surface area contributed by atoms with Crippen LogP contribution in [0.1, 0.15) is 25.3 Å². The van der Waals surface area contributed by atoms with Gasteiger partial charge in [-0.1, -0.05) is 30.3 Å². The summed E-state index contributed by atoms with van der Waals surface area (Å²) in [6.45, 7) is 2.47. The highest BCUT2D eigenvalue weighted by atomic mass is 16.6. The molecule has 1 aromatic carbocycles. The summed E-state index contributed by atoms with van der Waals surface area (Å²) in [5, 5.41) is 0. The number of nitrogens with zero attached hydrogens (tertiary/aromatic N) is 1. The van der Waals surface area contributed by atoms with Crippen LogP contribution in [0.15, 0.2) is 30.3 Å². The van der Waals surface area contributed by atoms with Crippen LogP contribution in [0.2, 0.25) is 0 Å². The lowest BCUT2D eigenvalue weighted by Crippen LogP contribution is -2.42. The molecule has 2 fully saturated rings. The Morgan fingerprint density at radius 2 is 2.14 bits per heavy atom. The number of carbonyl (C=O) groups excluding carboxylic acids is 2. The Morgan fingerprint density at radius 3 is 2.86 bits per heavy atom.